The standard InChI is InChI=1S/C16H25NO2/c1-18-11-6-12-19-16(14-7-3-2-4-8-14)15-9-5-10-17-13-15/h2-4,7-8,15-17H,5-6,9-13H2,1H3/t15-,16+/m1/s1. The molecule has 19 heavy (non-hydrogen) atoms. The lowest BCUT2D eigenvalue weighted by atomic mass is 9.89. The first kappa shape index (κ1) is 14.5. The number of ether oxygens (including phenoxy) is 2. The maximum atomic E-state index is 6.15. The molecule has 3 nitrogen and oxygen atoms in total. The summed E-state index contributed by atoms with van der Waals surface area (Å²) in [5.41, 5.74) is 1.30. The first-order chi connectivity index (χ1) is 9.42. The minimum Gasteiger partial charge on any atom is -0.385 e. The van der Waals surface area contributed by atoms with Crippen LogP contribution in [0.5, 0.6) is 0 Å². The van der Waals surface area contributed by atoms with Crippen LogP contribution in [0.1, 0.15) is 30.9 Å². The number of methoxy groups -OCH3 is 1. The molecule has 1 fully saturated rings. The molecule has 1 aliphatic rings. The lowest BCUT2D eigenvalue weighted by Crippen LogP contribution is -2.34. The van der Waals surface area contributed by atoms with Crippen LogP contribution < -0.4 is 5.32 Å². The van der Waals surface area contributed by atoms with Crippen molar-refractivity contribution in [3.8, 4) is 0 Å². The fraction of sp³-hybridized carbons (Fsp3) is 0.625. The molecule has 1 aromatic carbocycles. The molecule has 0 saturated carbocycles. The van der Waals surface area contributed by atoms with E-state index in [1.54, 1.807) is 7.11 Å². The van der Waals surface area contributed by atoms with Crippen LogP contribution in [-0.4, -0.2) is 33.4 Å². The van der Waals surface area contributed by atoms with Crippen LogP contribution >= 0.6 is 0 Å². The van der Waals surface area contributed by atoms with Crippen LogP contribution in [0.2, 0.25) is 0 Å². The summed E-state index contributed by atoms with van der Waals surface area (Å²) in [5, 5.41) is 3.48. The molecule has 0 unspecified atom stereocenters. The number of hydrogen-bond acceptors (Lipinski definition) is 3. The van der Waals surface area contributed by atoms with E-state index >= 15 is 0 Å². The summed E-state index contributed by atoms with van der Waals surface area (Å²) in [6.07, 6.45) is 3.66. The lowest BCUT2D eigenvalue weighted by molar-refractivity contribution is -0.00501. The van der Waals surface area contributed by atoms with Crippen LogP contribution in [0, 0.1) is 5.92 Å². The lowest BCUT2D eigenvalue weighted by Gasteiger charge is -2.31. The highest BCUT2D eigenvalue weighted by Crippen LogP contribution is 2.30. The molecule has 1 saturated heterocycles. The number of hydrogen-bond donors (Lipinski definition) is 1. The van der Waals surface area contributed by atoms with Crippen molar-refractivity contribution in [2.24, 2.45) is 5.92 Å². The third kappa shape index (κ3) is 4.60. The van der Waals surface area contributed by atoms with Crippen molar-refractivity contribution in [2.75, 3.05) is 33.4 Å². The number of benzene rings is 1. The number of nitrogens with one attached hydrogen (secondary N) is 1. The van der Waals surface area contributed by atoms with E-state index in [2.05, 4.69) is 35.6 Å². The van der Waals surface area contributed by atoms with E-state index in [0.717, 1.165) is 32.7 Å². The Balaban J connectivity index is 1.96. The molecular weight excluding hydrogens is 238 g/mol. The smallest absolute Gasteiger partial charge is 0.0865 e. The Morgan fingerprint density at radius 1 is 1.26 bits per heavy atom. The average Bonchev–Trinajstić information content (AvgIpc) is 2.49. The van der Waals surface area contributed by atoms with Gasteiger partial charge in [-0.15, -0.1) is 0 Å². The summed E-state index contributed by atoms with van der Waals surface area (Å²) < 4.78 is 11.2. The highest BCUT2D eigenvalue weighted by molar-refractivity contribution is 5.18. The van der Waals surface area contributed by atoms with Gasteiger partial charge in [0.05, 0.1) is 6.10 Å². The fourth-order valence-electron chi connectivity index (χ4n) is 2.70. The molecule has 0 radical (unpaired) electrons. The Kier molecular flexibility index (Phi) is 6.34. The van der Waals surface area contributed by atoms with Crippen molar-refractivity contribution in [3.63, 3.8) is 0 Å². The van der Waals surface area contributed by atoms with Crippen LogP contribution in [0.25, 0.3) is 0 Å². The molecule has 1 heterocycles. The average molecular weight is 263 g/mol. The summed E-state index contributed by atoms with van der Waals surface area (Å²) in [5.74, 6) is 0.582. The third-order valence-corrected chi connectivity index (χ3v) is 3.68. The molecule has 0 aromatic heterocycles. The molecule has 0 amide bonds. The monoisotopic (exact) mass is 263 g/mol. The van der Waals surface area contributed by atoms with Crippen molar-refractivity contribution in [1.82, 2.24) is 5.32 Å². The van der Waals surface area contributed by atoms with Gasteiger partial charge in [-0.05, 0) is 31.4 Å². The Hall–Kier alpha value is -0.900. The summed E-state index contributed by atoms with van der Waals surface area (Å²) in [6.45, 7) is 3.74. The van der Waals surface area contributed by atoms with Gasteiger partial charge in [-0.1, -0.05) is 30.3 Å². The molecule has 2 rings (SSSR count). The quantitative estimate of drug-likeness (QED) is 0.767. The molecule has 0 aliphatic carbocycles. The van der Waals surface area contributed by atoms with E-state index in [1.807, 2.05) is 0 Å². The largest absolute Gasteiger partial charge is 0.385 e. The normalized spacial score (nSPS) is 21.2. The SMILES string of the molecule is COCCCO[C@@H](c1ccccc1)[C@@H]1CCCNC1. The van der Waals surface area contributed by atoms with Gasteiger partial charge in [0.2, 0.25) is 0 Å². The summed E-state index contributed by atoms with van der Waals surface area (Å²) in [6, 6.07) is 10.6. The molecule has 106 valence electrons. The van der Waals surface area contributed by atoms with Gasteiger partial charge >= 0.3 is 0 Å². The molecule has 2 atom stereocenters. The number of piperidine rings is 1. The van der Waals surface area contributed by atoms with Gasteiger partial charge in [0.25, 0.3) is 0 Å². The molecule has 0 spiro atoms. The van der Waals surface area contributed by atoms with Crippen molar-refractivity contribution < 1.29 is 9.47 Å². The predicted octanol–water partition coefficient (Wildman–Crippen LogP) is 2.78. The van der Waals surface area contributed by atoms with E-state index in [4.69, 9.17) is 9.47 Å². The van der Waals surface area contributed by atoms with Gasteiger partial charge in [-0.3, -0.25) is 0 Å². The Bertz CT molecular complexity index is 336. The Morgan fingerprint density at radius 3 is 2.79 bits per heavy atom. The third-order valence-electron chi connectivity index (χ3n) is 3.68. The van der Waals surface area contributed by atoms with Crippen LogP contribution in [0.4, 0.5) is 0 Å². The predicted molar refractivity (Wildman–Crippen MR) is 77.2 cm³/mol. The second-order valence-corrected chi connectivity index (χ2v) is 5.15. The first-order valence-electron chi connectivity index (χ1n) is 7.28. The topological polar surface area (TPSA) is 30.5 Å². The van der Waals surface area contributed by atoms with Gasteiger partial charge in [-0.2, -0.15) is 0 Å². The van der Waals surface area contributed by atoms with Crippen molar-refractivity contribution in [1.29, 1.82) is 0 Å². The first-order valence-corrected chi connectivity index (χ1v) is 7.28. The second kappa shape index (κ2) is 8.31. The fourth-order valence-corrected chi connectivity index (χ4v) is 2.70. The van der Waals surface area contributed by atoms with Crippen molar-refractivity contribution >= 4 is 0 Å². The van der Waals surface area contributed by atoms with Crippen molar-refractivity contribution in [3.05, 3.63) is 35.9 Å². The van der Waals surface area contributed by atoms with E-state index in [0.29, 0.717) is 5.92 Å². The molecule has 3 heteroatoms. The summed E-state index contributed by atoms with van der Waals surface area (Å²) >= 11 is 0. The zero-order valence-electron chi connectivity index (χ0n) is 11.8. The van der Waals surface area contributed by atoms with Crippen LogP contribution in [0.3, 0.4) is 0 Å². The van der Waals surface area contributed by atoms with Crippen LogP contribution in [-0.2, 0) is 9.47 Å². The van der Waals surface area contributed by atoms with Gasteiger partial charge < -0.3 is 14.8 Å². The van der Waals surface area contributed by atoms with Gasteiger partial charge in [0.1, 0.15) is 0 Å². The maximum absolute atomic E-state index is 6.15. The second-order valence-electron chi connectivity index (χ2n) is 5.15. The molecule has 1 aliphatic heterocycles. The zero-order valence-corrected chi connectivity index (χ0v) is 11.8. The van der Waals surface area contributed by atoms with Crippen molar-refractivity contribution in [2.45, 2.75) is 25.4 Å². The zero-order chi connectivity index (χ0) is 13.3. The van der Waals surface area contributed by atoms with Crippen LogP contribution in [0.15, 0.2) is 30.3 Å². The van der Waals surface area contributed by atoms with E-state index in [1.165, 1.54) is 18.4 Å². The Labute approximate surface area is 116 Å². The van der Waals surface area contributed by atoms with E-state index < -0.39 is 0 Å². The van der Waals surface area contributed by atoms with Gasteiger partial charge in [0.15, 0.2) is 0 Å². The highest BCUT2D eigenvalue weighted by atomic mass is 16.5. The molecule has 1 N–H and O–H groups in total. The molecule has 1 aromatic rings. The Morgan fingerprint density at radius 2 is 2.11 bits per heavy atom. The molecular formula is C16H25NO2. The summed E-state index contributed by atoms with van der Waals surface area (Å²) in [7, 11) is 1.74. The minimum absolute atomic E-state index is 0.214. The molecule has 0 bridgehead atoms. The summed E-state index contributed by atoms with van der Waals surface area (Å²) in [4.78, 5) is 0. The highest BCUT2D eigenvalue weighted by Gasteiger charge is 2.25. The van der Waals surface area contributed by atoms with E-state index in [-0.39, 0.29) is 6.10 Å². The van der Waals surface area contributed by atoms with Gasteiger partial charge in [-0.25, -0.2) is 0 Å². The number of rotatable bonds is 7. The minimum atomic E-state index is 0.214. The van der Waals surface area contributed by atoms with Gasteiger partial charge in [0, 0.05) is 32.8 Å². The maximum Gasteiger partial charge on any atom is 0.0865 e. The van der Waals surface area contributed by atoms with E-state index in [9.17, 15) is 0 Å².